The van der Waals surface area contributed by atoms with Crippen LogP contribution < -0.4 is 20.5 Å². The van der Waals surface area contributed by atoms with Crippen LogP contribution in [0.15, 0.2) is 29.3 Å². The highest BCUT2D eigenvalue weighted by Crippen LogP contribution is 2.32. The van der Waals surface area contributed by atoms with E-state index in [9.17, 15) is 4.79 Å². The molecule has 31 heavy (non-hydrogen) atoms. The van der Waals surface area contributed by atoms with Gasteiger partial charge in [0, 0.05) is 24.8 Å². The van der Waals surface area contributed by atoms with Gasteiger partial charge in [-0.3, -0.25) is 20.5 Å². The molecule has 2 fully saturated rings. The van der Waals surface area contributed by atoms with Crippen molar-refractivity contribution in [3.63, 3.8) is 0 Å². The van der Waals surface area contributed by atoms with Gasteiger partial charge in [-0.2, -0.15) is 0 Å². The van der Waals surface area contributed by atoms with Gasteiger partial charge in [0.2, 0.25) is 5.91 Å². The number of amidine groups is 2. The molecule has 3 aliphatic rings. The molecular formula is C22H32N6O2S. The van der Waals surface area contributed by atoms with Gasteiger partial charge in [0.1, 0.15) is 17.8 Å². The first-order chi connectivity index (χ1) is 15.0. The Balaban J connectivity index is 1.53. The number of anilines is 1. The summed E-state index contributed by atoms with van der Waals surface area (Å²) in [6, 6.07) is 7.81. The van der Waals surface area contributed by atoms with Crippen LogP contribution in [0.25, 0.3) is 0 Å². The van der Waals surface area contributed by atoms with Gasteiger partial charge in [0.05, 0.1) is 18.3 Å². The first kappa shape index (κ1) is 22.1. The molecule has 0 radical (unpaired) electrons. The number of nitrogens with zero attached hydrogens (tertiary/aromatic N) is 3. The number of rotatable bonds is 5. The molecule has 0 bridgehead atoms. The minimum atomic E-state index is -0.199. The molecule has 4 rings (SSSR count). The zero-order valence-electron chi connectivity index (χ0n) is 18.4. The summed E-state index contributed by atoms with van der Waals surface area (Å²) in [6.07, 6.45) is 1.93. The van der Waals surface area contributed by atoms with E-state index in [1.165, 1.54) is 11.8 Å². The van der Waals surface area contributed by atoms with Gasteiger partial charge >= 0.3 is 0 Å². The normalized spacial score (nSPS) is 26.6. The lowest BCUT2D eigenvalue weighted by molar-refractivity contribution is -0.129. The summed E-state index contributed by atoms with van der Waals surface area (Å²) in [7, 11) is 0. The predicted molar refractivity (Wildman–Crippen MR) is 126 cm³/mol. The lowest BCUT2D eigenvalue weighted by Crippen LogP contribution is -2.50. The number of benzene rings is 1. The highest BCUT2D eigenvalue weighted by molar-refractivity contribution is 8.14. The molecule has 1 aromatic carbocycles. The van der Waals surface area contributed by atoms with Crippen LogP contribution in [-0.4, -0.2) is 59.5 Å². The molecule has 3 heterocycles. The number of hydrazine groups is 1. The van der Waals surface area contributed by atoms with Crippen LogP contribution in [-0.2, 0) is 4.79 Å². The molecule has 9 heteroatoms. The minimum Gasteiger partial charge on any atom is -0.494 e. The number of carbonyl (C=O) groups is 1. The molecule has 1 amide bonds. The van der Waals surface area contributed by atoms with Crippen molar-refractivity contribution in [3.05, 3.63) is 24.3 Å². The molecule has 3 aliphatic heterocycles. The number of thioether (sulfide) groups is 1. The maximum absolute atomic E-state index is 12.8. The van der Waals surface area contributed by atoms with Crippen LogP contribution in [0.1, 0.15) is 33.6 Å². The number of piperidine rings is 1. The molecule has 3 unspecified atom stereocenters. The quantitative estimate of drug-likeness (QED) is 0.647. The van der Waals surface area contributed by atoms with Crippen molar-refractivity contribution < 1.29 is 9.53 Å². The number of amides is 1. The highest BCUT2D eigenvalue weighted by atomic mass is 32.2. The van der Waals surface area contributed by atoms with E-state index < -0.39 is 0 Å². The smallest absolute Gasteiger partial charge is 0.233 e. The number of carbonyl (C=O) groups excluding carboxylic acids is 1. The Labute approximate surface area is 188 Å². The Morgan fingerprint density at radius 2 is 1.94 bits per heavy atom. The Kier molecular flexibility index (Phi) is 6.83. The molecule has 0 spiro atoms. The van der Waals surface area contributed by atoms with E-state index in [1.54, 1.807) is 0 Å². The maximum atomic E-state index is 12.8. The summed E-state index contributed by atoms with van der Waals surface area (Å²) in [5, 5.41) is 9.61. The van der Waals surface area contributed by atoms with E-state index in [4.69, 9.17) is 15.1 Å². The molecule has 0 aromatic heterocycles. The predicted octanol–water partition coefficient (Wildman–Crippen LogP) is 2.67. The SMILES string of the molecule is CCOc1ccc(N2C(=N)C3C(C)NNC3N=C2SCC(=O)N2CCC(C)CC2)cc1. The Bertz CT molecular complexity index is 837. The molecule has 0 aliphatic carbocycles. The van der Waals surface area contributed by atoms with E-state index in [2.05, 4.69) is 24.7 Å². The second kappa shape index (κ2) is 9.58. The number of nitrogens with one attached hydrogen (secondary N) is 3. The second-order valence-electron chi connectivity index (χ2n) is 8.46. The van der Waals surface area contributed by atoms with E-state index in [0.717, 1.165) is 37.4 Å². The number of fused-ring (bicyclic) bond motifs is 1. The van der Waals surface area contributed by atoms with Crippen molar-refractivity contribution in [3.8, 4) is 5.75 Å². The van der Waals surface area contributed by atoms with E-state index in [-0.39, 0.29) is 24.0 Å². The summed E-state index contributed by atoms with van der Waals surface area (Å²) >= 11 is 1.42. The molecule has 1 aromatic rings. The van der Waals surface area contributed by atoms with Crippen LogP contribution in [0.5, 0.6) is 5.75 Å². The van der Waals surface area contributed by atoms with E-state index >= 15 is 0 Å². The monoisotopic (exact) mass is 444 g/mol. The fourth-order valence-corrected chi connectivity index (χ4v) is 5.24. The van der Waals surface area contributed by atoms with Gasteiger partial charge in [0.25, 0.3) is 0 Å². The summed E-state index contributed by atoms with van der Waals surface area (Å²) < 4.78 is 5.56. The van der Waals surface area contributed by atoms with Gasteiger partial charge in [-0.1, -0.05) is 18.7 Å². The third kappa shape index (κ3) is 4.73. The average molecular weight is 445 g/mol. The van der Waals surface area contributed by atoms with Gasteiger partial charge < -0.3 is 9.64 Å². The van der Waals surface area contributed by atoms with Gasteiger partial charge in [-0.25, -0.2) is 10.4 Å². The summed E-state index contributed by atoms with van der Waals surface area (Å²) in [4.78, 5) is 21.5. The van der Waals surface area contributed by atoms with Crippen molar-refractivity contribution in [2.75, 3.05) is 30.3 Å². The Morgan fingerprint density at radius 1 is 1.23 bits per heavy atom. The summed E-state index contributed by atoms with van der Waals surface area (Å²) in [6.45, 7) is 8.53. The highest BCUT2D eigenvalue weighted by Gasteiger charge is 2.43. The zero-order valence-corrected chi connectivity index (χ0v) is 19.2. The molecule has 8 nitrogen and oxygen atoms in total. The standard InChI is InChI=1S/C22H32N6O2S/c1-4-30-17-7-5-16(6-8-17)28-20(23)19-15(3)25-26-21(19)24-22(28)31-13-18(29)27-11-9-14(2)10-12-27/h5-8,14-15,19,21,23,25-26H,4,9-13H2,1-3H3. The van der Waals surface area contributed by atoms with Gasteiger partial charge in [-0.15, -0.1) is 0 Å². The number of hydrogen-bond donors (Lipinski definition) is 3. The van der Waals surface area contributed by atoms with Crippen LogP contribution in [0.2, 0.25) is 0 Å². The number of ether oxygens (including phenoxy) is 1. The topological polar surface area (TPSA) is 93.0 Å². The van der Waals surface area contributed by atoms with Crippen molar-refractivity contribution in [1.82, 2.24) is 15.8 Å². The molecule has 3 N–H and O–H groups in total. The second-order valence-corrected chi connectivity index (χ2v) is 9.40. The number of hydrogen-bond acceptors (Lipinski definition) is 7. The summed E-state index contributed by atoms with van der Waals surface area (Å²) in [5.41, 5.74) is 7.25. The van der Waals surface area contributed by atoms with Crippen molar-refractivity contribution in [2.45, 2.75) is 45.8 Å². The van der Waals surface area contributed by atoms with Crippen molar-refractivity contribution >= 4 is 34.4 Å². The van der Waals surface area contributed by atoms with Crippen molar-refractivity contribution in [1.29, 1.82) is 5.41 Å². The molecule has 168 valence electrons. The third-order valence-corrected chi connectivity index (χ3v) is 7.14. The molecule has 0 saturated carbocycles. The third-order valence-electron chi connectivity index (χ3n) is 6.20. The van der Waals surface area contributed by atoms with Gasteiger partial charge in [-0.05, 0) is 56.9 Å². The Morgan fingerprint density at radius 3 is 2.61 bits per heavy atom. The van der Waals surface area contributed by atoms with E-state index in [0.29, 0.717) is 29.3 Å². The Hall–Kier alpha value is -2.10. The fourth-order valence-electron chi connectivity index (χ4n) is 4.28. The number of aliphatic imine (C=N–C) groups is 1. The lowest BCUT2D eigenvalue weighted by atomic mass is 9.97. The van der Waals surface area contributed by atoms with Crippen LogP contribution in [0, 0.1) is 17.2 Å². The minimum absolute atomic E-state index is 0.0739. The van der Waals surface area contributed by atoms with Gasteiger partial charge in [0.15, 0.2) is 5.17 Å². The van der Waals surface area contributed by atoms with Crippen molar-refractivity contribution in [2.24, 2.45) is 16.8 Å². The molecule has 2 saturated heterocycles. The largest absolute Gasteiger partial charge is 0.494 e. The van der Waals surface area contributed by atoms with Crippen LogP contribution in [0.3, 0.4) is 0 Å². The first-order valence-electron chi connectivity index (χ1n) is 11.1. The first-order valence-corrected chi connectivity index (χ1v) is 12.1. The zero-order chi connectivity index (χ0) is 22.0. The molecule has 3 atom stereocenters. The van der Waals surface area contributed by atoms with Crippen LogP contribution >= 0.6 is 11.8 Å². The lowest BCUT2D eigenvalue weighted by Gasteiger charge is -2.36. The fraction of sp³-hybridized carbons (Fsp3) is 0.591. The maximum Gasteiger partial charge on any atom is 0.233 e. The summed E-state index contributed by atoms with van der Waals surface area (Å²) in [5.74, 6) is 2.37. The van der Waals surface area contributed by atoms with E-state index in [1.807, 2.05) is 41.0 Å². The number of likely N-dealkylation sites (tertiary alicyclic amines) is 1. The average Bonchev–Trinajstić information content (AvgIpc) is 3.14. The molecular weight excluding hydrogens is 412 g/mol. The van der Waals surface area contributed by atoms with Crippen LogP contribution in [0.4, 0.5) is 5.69 Å².